The van der Waals surface area contributed by atoms with Gasteiger partial charge in [-0.25, -0.2) is 4.79 Å². The van der Waals surface area contributed by atoms with Gasteiger partial charge >= 0.3 is 5.97 Å². The third kappa shape index (κ3) is 3.32. The Morgan fingerprint density at radius 1 is 1.53 bits per heavy atom. The molecule has 0 saturated heterocycles. The molecule has 1 rings (SSSR count). The number of rotatable bonds is 4. The van der Waals surface area contributed by atoms with Crippen molar-refractivity contribution >= 4 is 23.3 Å². The van der Waals surface area contributed by atoms with Crippen LogP contribution >= 0.6 is 11.6 Å². The van der Waals surface area contributed by atoms with Gasteiger partial charge in [-0.05, 0) is 13.0 Å². The summed E-state index contributed by atoms with van der Waals surface area (Å²) in [6, 6.07) is 3.73. The molecule has 0 unspecified atom stereocenters. The summed E-state index contributed by atoms with van der Waals surface area (Å²) in [5.74, 6) is -0.366. The van der Waals surface area contributed by atoms with E-state index in [-0.39, 0.29) is 16.5 Å². The minimum atomic E-state index is -0.834. The first-order valence-electron chi connectivity index (χ1n) is 4.64. The summed E-state index contributed by atoms with van der Waals surface area (Å²) in [5.41, 5.74) is -0.145. The Kier molecular flexibility index (Phi) is 4.28. The van der Waals surface area contributed by atoms with Crippen molar-refractivity contribution in [3.8, 4) is 5.75 Å². The fourth-order valence-electron chi connectivity index (χ4n) is 1.10. The van der Waals surface area contributed by atoms with Crippen molar-refractivity contribution in [3.05, 3.63) is 33.3 Å². The third-order valence-corrected chi connectivity index (χ3v) is 2.26. The molecule has 0 aliphatic rings. The van der Waals surface area contributed by atoms with E-state index in [1.165, 1.54) is 26.2 Å². The predicted molar refractivity (Wildman–Crippen MR) is 60.2 cm³/mol. The van der Waals surface area contributed by atoms with Crippen LogP contribution in [0.1, 0.15) is 6.92 Å². The Morgan fingerprint density at radius 2 is 2.18 bits per heavy atom. The number of hydrogen-bond donors (Lipinski definition) is 0. The topological polar surface area (TPSA) is 78.7 Å². The fraction of sp³-hybridized carbons (Fsp3) is 0.300. The second-order valence-electron chi connectivity index (χ2n) is 3.16. The molecule has 0 aromatic heterocycles. The molecule has 0 N–H and O–H groups in total. The smallest absolute Gasteiger partial charge is 0.346 e. The molecule has 0 saturated carbocycles. The molecule has 6 nitrogen and oxygen atoms in total. The summed E-state index contributed by atoms with van der Waals surface area (Å²) >= 11 is 5.78. The Hall–Kier alpha value is -1.82. The zero-order chi connectivity index (χ0) is 13.0. The minimum Gasteiger partial charge on any atom is -0.477 e. The van der Waals surface area contributed by atoms with Gasteiger partial charge in [-0.15, -0.1) is 0 Å². The van der Waals surface area contributed by atoms with E-state index in [0.717, 1.165) is 6.07 Å². The Labute approximate surface area is 102 Å². The number of methoxy groups -OCH3 is 1. The highest BCUT2D eigenvalue weighted by atomic mass is 35.5. The van der Waals surface area contributed by atoms with Crippen LogP contribution < -0.4 is 4.74 Å². The molecule has 92 valence electrons. The molecule has 0 radical (unpaired) electrons. The summed E-state index contributed by atoms with van der Waals surface area (Å²) in [6.45, 7) is 1.49. The van der Waals surface area contributed by atoms with Gasteiger partial charge in [0, 0.05) is 12.1 Å². The van der Waals surface area contributed by atoms with Gasteiger partial charge < -0.3 is 9.47 Å². The SMILES string of the molecule is COC(=O)[C@H](C)Oc1ccc([N+](=O)[O-])cc1Cl. The number of esters is 1. The number of hydrogen-bond acceptors (Lipinski definition) is 5. The maximum absolute atomic E-state index is 11.1. The van der Waals surface area contributed by atoms with Gasteiger partial charge in [-0.2, -0.15) is 0 Å². The summed E-state index contributed by atoms with van der Waals surface area (Å²) in [4.78, 5) is 21.0. The van der Waals surface area contributed by atoms with Crippen molar-refractivity contribution in [1.82, 2.24) is 0 Å². The van der Waals surface area contributed by atoms with Crippen molar-refractivity contribution in [2.45, 2.75) is 13.0 Å². The van der Waals surface area contributed by atoms with Crippen molar-refractivity contribution in [2.75, 3.05) is 7.11 Å². The number of nitrogens with zero attached hydrogens (tertiary/aromatic N) is 1. The maximum atomic E-state index is 11.1. The van der Waals surface area contributed by atoms with Crippen molar-refractivity contribution < 1.29 is 19.2 Å². The molecule has 1 aromatic rings. The third-order valence-electron chi connectivity index (χ3n) is 1.96. The minimum absolute atomic E-state index is 0.0648. The van der Waals surface area contributed by atoms with Crippen LogP contribution in [0.5, 0.6) is 5.75 Å². The average Bonchev–Trinajstić information content (AvgIpc) is 2.30. The van der Waals surface area contributed by atoms with Crippen LogP contribution in [-0.4, -0.2) is 24.1 Å². The molecule has 7 heteroatoms. The number of non-ortho nitro benzene ring substituents is 1. The predicted octanol–water partition coefficient (Wildman–Crippen LogP) is 2.19. The zero-order valence-electron chi connectivity index (χ0n) is 9.18. The van der Waals surface area contributed by atoms with Crippen LogP contribution in [-0.2, 0) is 9.53 Å². The Balaban J connectivity index is 2.86. The summed E-state index contributed by atoms with van der Waals surface area (Å²) in [6.07, 6.45) is -0.834. The second-order valence-corrected chi connectivity index (χ2v) is 3.56. The van der Waals surface area contributed by atoms with Crippen LogP contribution in [0.3, 0.4) is 0 Å². The Morgan fingerprint density at radius 3 is 2.65 bits per heavy atom. The van der Waals surface area contributed by atoms with Crippen LogP contribution in [0, 0.1) is 10.1 Å². The van der Waals surface area contributed by atoms with Gasteiger partial charge in [0.25, 0.3) is 5.69 Å². The number of halogens is 1. The fourth-order valence-corrected chi connectivity index (χ4v) is 1.32. The lowest BCUT2D eigenvalue weighted by Gasteiger charge is -2.13. The monoisotopic (exact) mass is 259 g/mol. The summed E-state index contributed by atoms with van der Waals surface area (Å²) < 4.78 is 9.67. The van der Waals surface area contributed by atoms with E-state index in [1.54, 1.807) is 0 Å². The molecule has 0 amide bonds. The highest BCUT2D eigenvalue weighted by molar-refractivity contribution is 6.32. The lowest BCUT2D eigenvalue weighted by molar-refractivity contribution is -0.384. The molecular formula is C10H10ClNO5. The molecule has 0 spiro atoms. The molecule has 1 aromatic carbocycles. The number of nitro groups is 1. The van der Waals surface area contributed by atoms with Crippen molar-refractivity contribution in [2.24, 2.45) is 0 Å². The normalized spacial score (nSPS) is 11.7. The lowest BCUT2D eigenvalue weighted by Crippen LogP contribution is -2.25. The van der Waals surface area contributed by atoms with E-state index in [1.807, 2.05) is 0 Å². The first kappa shape index (κ1) is 13.2. The first-order chi connectivity index (χ1) is 7.95. The quantitative estimate of drug-likeness (QED) is 0.470. The Bertz CT molecular complexity index is 448. The molecule has 0 bridgehead atoms. The molecule has 17 heavy (non-hydrogen) atoms. The van der Waals surface area contributed by atoms with E-state index >= 15 is 0 Å². The van der Waals surface area contributed by atoms with Gasteiger partial charge in [0.05, 0.1) is 17.1 Å². The molecular weight excluding hydrogens is 250 g/mol. The first-order valence-corrected chi connectivity index (χ1v) is 5.02. The molecule has 0 fully saturated rings. The van der Waals surface area contributed by atoms with Crippen LogP contribution in [0.4, 0.5) is 5.69 Å². The van der Waals surface area contributed by atoms with Crippen molar-refractivity contribution in [3.63, 3.8) is 0 Å². The highest BCUT2D eigenvalue weighted by Gasteiger charge is 2.17. The van der Waals surface area contributed by atoms with E-state index < -0.39 is 17.0 Å². The van der Waals surface area contributed by atoms with Gasteiger partial charge in [0.2, 0.25) is 0 Å². The van der Waals surface area contributed by atoms with Gasteiger partial charge in [0.15, 0.2) is 6.10 Å². The molecule has 0 heterocycles. The van der Waals surface area contributed by atoms with Crippen LogP contribution in [0.2, 0.25) is 5.02 Å². The number of nitro benzene ring substituents is 1. The summed E-state index contributed by atoms with van der Waals surface area (Å²) in [5, 5.41) is 10.5. The average molecular weight is 260 g/mol. The van der Waals surface area contributed by atoms with Crippen LogP contribution in [0.15, 0.2) is 18.2 Å². The summed E-state index contributed by atoms with van der Waals surface area (Å²) in [7, 11) is 1.24. The number of carbonyl (C=O) groups excluding carboxylic acids is 1. The number of benzene rings is 1. The lowest BCUT2D eigenvalue weighted by atomic mass is 10.3. The van der Waals surface area contributed by atoms with E-state index in [9.17, 15) is 14.9 Å². The maximum Gasteiger partial charge on any atom is 0.346 e. The van der Waals surface area contributed by atoms with Gasteiger partial charge in [-0.1, -0.05) is 11.6 Å². The van der Waals surface area contributed by atoms with E-state index in [4.69, 9.17) is 16.3 Å². The molecule has 0 aliphatic carbocycles. The van der Waals surface area contributed by atoms with E-state index in [2.05, 4.69) is 4.74 Å². The van der Waals surface area contributed by atoms with Crippen LogP contribution in [0.25, 0.3) is 0 Å². The number of ether oxygens (including phenoxy) is 2. The zero-order valence-corrected chi connectivity index (χ0v) is 9.93. The highest BCUT2D eigenvalue weighted by Crippen LogP contribution is 2.29. The largest absolute Gasteiger partial charge is 0.477 e. The second kappa shape index (κ2) is 5.49. The molecule has 1 atom stereocenters. The molecule has 0 aliphatic heterocycles. The van der Waals surface area contributed by atoms with Crippen molar-refractivity contribution in [1.29, 1.82) is 0 Å². The van der Waals surface area contributed by atoms with Gasteiger partial charge in [0.1, 0.15) is 5.75 Å². The number of carbonyl (C=O) groups is 1. The standard InChI is InChI=1S/C10H10ClNO5/c1-6(10(13)16-2)17-9-4-3-7(12(14)15)5-8(9)11/h3-6H,1-2H3/t6-/m0/s1. The van der Waals surface area contributed by atoms with Gasteiger partial charge in [-0.3, -0.25) is 10.1 Å². The van der Waals surface area contributed by atoms with E-state index in [0.29, 0.717) is 0 Å².